The first-order valence-corrected chi connectivity index (χ1v) is 9.24. The summed E-state index contributed by atoms with van der Waals surface area (Å²) in [5.41, 5.74) is 1.47. The molecule has 0 atom stereocenters. The lowest BCUT2D eigenvalue weighted by Crippen LogP contribution is -2.23. The van der Waals surface area contributed by atoms with Crippen LogP contribution in [-0.2, 0) is 11.3 Å². The predicted molar refractivity (Wildman–Crippen MR) is 105 cm³/mol. The topological polar surface area (TPSA) is 56.8 Å². The molecule has 2 aromatic rings. The first-order valence-electron chi connectivity index (χ1n) is 8.44. The fraction of sp³-hybridized carbons (Fsp3) is 0.350. The van der Waals surface area contributed by atoms with E-state index in [0.29, 0.717) is 31.1 Å². The molecule has 5 nitrogen and oxygen atoms in total. The monoisotopic (exact) mass is 421 g/mol. The maximum Gasteiger partial charge on any atom is 0.255 e. The van der Waals surface area contributed by atoms with Crippen LogP contribution in [0.4, 0.5) is 0 Å². The predicted octanol–water partition coefficient (Wildman–Crippen LogP) is 4.19. The lowest BCUT2D eigenvalue weighted by Gasteiger charge is -2.13. The minimum atomic E-state index is -0.193. The van der Waals surface area contributed by atoms with Gasteiger partial charge < -0.3 is 19.5 Å². The van der Waals surface area contributed by atoms with E-state index in [1.54, 1.807) is 19.2 Å². The standard InChI is InChI=1S/C20H24BrNO4/c1-14(2)26-17-7-4-15(5-8-17)13-22-20(23)18-12-16(21)6-9-19(18)25-11-10-24-3/h4-9,12,14H,10-11,13H2,1-3H3,(H,22,23). The zero-order chi connectivity index (χ0) is 18.9. The maximum atomic E-state index is 12.6. The number of benzene rings is 2. The van der Waals surface area contributed by atoms with Crippen molar-refractivity contribution in [3.8, 4) is 11.5 Å². The van der Waals surface area contributed by atoms with Gasteiger partial charge >= 0.3 is 0 Å². The van der Waals surface area contributed by atoms with E-state index in [1.807, 2.05) is 44.2 Å². The van der Waals surface area contributed by atoms with E-state index in [0.717, 1.165) is 15.8 Å². The third-order valence-electron chi connectivity index (χ3n) is 3.48. The average Bonchev–Trinajstić information content (AvgIpc) is 2.61. The summed E-state index contributed by atoms with van der Waals surface area (Å²) in [5.74, 6) is 1.15. The van der Waals surface area contributed by atoms with Gasteiger partial charge in [0.1, 0.15) is 18.1 Å². The molecule has 6 heteroatoms. The summed E-state index contributed by atoms with van der Waals surface area (Å²) < 4.78 is 17.1. The molecule has 2 aromatic carbocycles. The van der Waals surface area contributed by atoms with Gasteiger partial charge in [0.2, 0.25) is 0 Å². The number of hydrogen-bond acceptors (Lipinski definition) is 4. The molecule has 0 aliphatic rings. The molecule has 0 aromatic heterocycles. The van der Waals surface area contributed by atoms with Gasteiger partial charge in [0.15, 0.2) is 0 Å². The van der Waals surface area contributed by atoms with Crippen LogP contribution in [0.3, 0.4) is 0 Å². The van der Waals surface area contributed by atoms with Gasteiger partial charge in [0, 0.05) is 18.1 Å². The van der Waals surface area contributed by atoms with Crippen molar-refractivity contribution in [1.29, 1.82) is 0 Å². The van der Waals surface area contributed by atoms with E-state index in [4.69, 9.17) is 14.2 Å². The molecular weight excluding hydrogens is 398 g/mol. The summed E-state index contributed by atoms with van der Waals surface area (Å²) in [6.45, 7) is 5.24. The van der Waals surface area contributed by atoms with E-state index in [2.05, 4.69) is 21.2 Å². The average molecular weight is 422 g/mol. The Balaban J connectivity index is 1.99. The van der Waals surface area contributed by atoms with Crippen LogP contribution in [0.5, 0.6) is 11.5 Å². The highest BCUT2D eigenvalue weighted by molar-refractivity contribution is 9.10. The summed E-state index contributed by atoms with van der Waals surface area (Å²) in [5, 5.41) is 2.92. The third kappa shape index (κ3) is 6.35. The highest BCUT2D eigenvalue weighted by atomic mass is 79.9. The minimum absolute atomic E-state index is 0.133. The summed E-state index contributed by atoms with van der Waals surface area (Å²) in [6, 6.07) is 13.0. The Morgan fingerprint density at radius 1 is 1.12 bits per heavy atom. The number of amides is 1. The van der Waals surface area contributed by atoms with Gasteiger partial charge in [-0.2, -0.15) is 0 Å². The second-order valence-corrected chi connectivity index (χ2v) is 6.89. The van der Waals surface area contributed by atoms with Crippen molar-refractivity contribution in [3.05, 3.63) is 58.1 Å². The van der Waals surface area contributed by atoms with Gasteiger partial charge in [0.25, 0.3) is 5.91 Å². The maximum absolute atomic E-state index is 12.6. The van der Waals surface area contributed by atoms with Gasteiger partial charge in [-0.05, 0) is 49.7 Å². The number of carbonyl (C=O) groups is 1. The quantitative estimate of drug-likeness (QED) is 0.616. The molecule has 0 saturated heterocycles. The zero-order valence-corrected chi connectivity index (χ0v) is 16.8. The van der Waals surface area contributed by atoms with Crippen LogP contribution in [0.15, 0.2) is 46.9 Å². The molecule has 0 unspecified atom stereocenters. The van der Waals surface area contributed by atoms with Crippen LogP contribution in [0.2, 0.25) is 0 Å². The van der Waals surface area contributed by atoms with Crippen molar-refractivity contribution < 1.29 is 19.0 Å². The second kappa shape index (κ2) is 10.2. The van der Waals surface area contributed by atoms with E-state index in [-0.39, 0.29) is 12.0 Å². The summed E-state index contributed by atoms with van der Waals surface area (Å²) in [7, 11) is 1.61. The van der Waals surface area contributed by atoms with Gasteiger partial charge in [-0.1, -0.05) is 28.1 Å². The van der Waals surface area contributed by atoms with Crippen LogP contribution in [0.25, 0.3) is 0 Å². The van der Waals surface area contributed by atoms with Gasteiger partial charge in [0.05, 0.1) is 18.3 Å². The molecule has 0 radical (unpaired) electrons. The zero-order valence-electron chi connectivity index (χ0n) is 15.3. The summed E-state index contributed by atoms with van der Waals surface area (Å²) in [4.78, 5) is 12.6. The molecule has 0 aliphatic carbocycles. The smallest absolute Gasteiger partial charge is 0.255 e. The number of nitrogens with one attached hydrogen (secondary N) is 1. The fourth-order valence-corrected chi connectivity index (χ4v) is 2.64. The molecule has 0 heterocycles. The molecule has 1 N–H and O–H groups in total. The number of rotatable bonds is 9. The Morgan fingerprint density at radius 3 is 2.50 bits per heavy atom. The van der Waals surface area contributed by atoms with Crippen LogP contribution < -0.4 is 14.8 Å². The van der Waals surface area contributed by atoms with E-state index in [9.17, 15) is 4.79 Å². The SMILES string of the molecule is COCCOc1ccc(Br)cc1C(=O)NCc1ccc(OC(C)C)cc1. The highest BCUT2D eigenvalue weighted by Gasteiger charge is 2.13. The summed E-state index contributed by atoms with van der Waals surface area (Å²) in [6.07, 6.45) is 0.133. The lowest BCUT2D eigenvalue weighted by molar-refractivity contribution is 0.0943. The van der Waals surface area contributed by atoms with E-state index in [1.165, 1.54) is 0 Å². The van der Waals surface area contributed by atoms with Crippen molar-refractivity contribution in [1.82, 2.24) is 5.32 Å². The van der Waals surface area contributed by atoms with Crippen LogP contribution in [-0.4, -0.2) is 32.3 Å². The first kappa shape index (κ1) is 20.3. The normalized spacial score (nSPS) is 10.7. The van der Waals surface area contributed by atoms with Gasteiger partial charge in [-0.15, -0.1) is 0 Å². The van der Waals surface area contributed by atoms with Crippen molar-refractivity contribution in [2.75, 3.05) is 20.3 Å². The Kier molecular flexibility index (Phi) is 7.94. The fourth-order valence-electron chi connectivity index (χ4n) is 2.28. The van der Waals surface area contributed by atoms with Crippen molar-refractivity contribution >= 4 is 21.8 Å². The van der Waals surface area contributed by atoms with Crippen molar-refractivity contribution in [2.24, 2.45) is 0 Å². The second-order valence-electron chi connectivity index (χ2n) is 5.97. The molecule has 140 valence electrons. The van der Waals surface area contributed by atoms with E-state index >= 15 is 0 Å². The van der Waals surface area contributed by atoms with Crippen LogP contribution >= 0.6 is 15.9 Å². The Labute approximate surface area is 162 Å². The highest BCUT2D eigenvalue weighted by Crippen LogP contribution is 2.23. The van der Waals surface area contributed by atoms with Crippen LogP contribution in [0, 0.1) is 0 Å². The van der Waals surface area contributed by atoms with E-state index < -0.39 is 0 Å². The number of ether oxygens (including phenoxy) is 3. The third-order valence-corrected chi connectivity index (χ3v) is 3.97. The van der Waals surface area contributed by atoms with Crippen molar-refractivity contribution in [2.45, 2.75) is 26.5 Å². The Bertz CT molecular complexity index is 716. The van der Waals surface area contributed by atoms with Gasteiger partial charge in [-0.3, -0.25) is 4.79 Å². The number of hydrogen-bond donors (Lipinski definition) is 1. The minimum Gasteiger partial charge on any atom is -0.491 e. The Hall–Kier alpha value is -2.05. The molecule has 0 spiro atoms. The molecule has 26 heavy (non-hydrogen) atoms. The first-order chi connectivity index (χ1) is 12.5. The molecule has 0 saturated carbocycles. The Morgan fingerprint density at radius 2 is 1.85 bits per heavy atom. The van der Waals surface area contributed by atoms with Crippen LogP contribution in [0.1, 0.15) is 29.8 Å². The molecule has 0 aliphatic heterocycles. The van der Waals surface area contributed by atoms with Gasteiger partial charge in [-0.25, -0.2) is 0 Å². The number of carbonyl (C=O) groups excluding carboxylic acids is 1. The summed E-state index contributed by atoms with van der Waals surface area (Å²) >= 11 is 3.40. The van der Waals surface area contributed by atoms with Crippen molar-refractivity contribution in [3.63, 3.8) is 0 Å². The number of halogens is 1. The number of methoxy groups -OCH3 is 1. The molecule has 2 rings (SSSR count). The largest absolute Gasteiger partial charge is 0.491 e. The molecule has 0 bridgehead atoms. The molecule has 0 fully saturated rings. The lowest BCUT2D eigenvalue weighted by atomic mass is 10.1. The molecule has 1 amide bonds. The molecular formula is C20H24BrNO4.